The average Bonchev–Trinajstić information content (AvgIpc) is 2.61. The fourth-order valence-electron chi connectivity index (χ4n) is 1.88. The number of hydrogen-bond donors (Lipinski definition) is 1. The molecule has 1 aliphatic rings. The first kappa shape index (κ1) is 14.0. The highest BCUT2D eigenvalue weighted by Gasteiger charge is 2.17. The maximum absolute atomic E-state index is 8.87. The van der Waals surface area contributed by atoms with Crippen molar-refractivity contribution in [3.63, 3.8) is 0 Å². The van der Waals surface area contributed by atoms with Crippen LogP contribution in [-0.4, -0.2) is 28.3 Å². The van der Waals surface area contributed by atoms with Crippen LogP contribution in [0.15, 0.2) is 41.2 Å². The number of aliphatic hydroxyl groups excluding tert-OH is 1. The zero-order chi connectivity index (χ0) is 13.7. The molecule has 1 atom stereocenters. The van der Waals surface area contributed by atoms with Gasteiger partial charge in [-0.1, -0.05) is 40.2 Å². The third kappa shape index (κ3) is 3.52. The van der Waals surface area contributed by atoms with Crippen molar-refractivity contribution in [1.82, 2.24) is 9.97 Å². The van der Waals surface area contributed by atoms with Crippen molar-refractivity contribution in [2.45, 2.75) is 12.8 Å². The Hall–Kier alpha value is -1.46. The summed E-state index contributed by atoms with van der Waals surface area (Å²) in [6.07, 6.45) is 11.5. The van der Waals surface area contributed by atoms with Gasteiger partial charge in [0.25, 0.3) is 0 Å². The molecule has 1 heterocycles. The highest BCUT2D eigenvalue weighted by molar-refractivity contribution is 9.11. The highest BCUT2D eigenvalue weighted by atomic mass is 79.9. The maximum Gasteiger partial charge on any atom is 0.220 e. The Balaban J connectivity index is 2.35. The van der Waals surface area contributed by atoms with E-state index in [0.29, 0.717) is 5.88 Å². The molecule has 1 N–H and O–H groups in total. The molecule has 0 fully saturated rings. The molecule has 0 aliphatic heterocycles. The van der Waals surface area contributed by atoms with E-state index in [1.54, 1.807) is 0 Å². The van der Waals surface area contributed by atoms with Crippen molar-refractivity contribution in [2.75, 3.05) is 13.2 Å². The Bertz CT molecular complexity index is 538. The number of aryl methyl sites for hydroxylation is 1. The SMILES string of the molecule is Cc1ncnc(OCCO)c1C1C=CC=C(Br)C=C1. The van der Waals surface area contributed by atoms with Crippen LogP contribution < -0.4 is 4.74 Å². The lowest BCUT2D eigenvalue weighted by Gasteiger charge is -2.15. The number of aromatic nitrogens is 2. The van der Waals surface area contributed by atoms with Crippen LogP contribution in [0.4, 0.5) is 0 Å². The van der Waals surface area contributed by atoms with Gasteiger partial charge in [0.15, 0.2) is 0 Å². The van der Waals surface area contributed by atoms with Gasteiger partial charge in [0.05, 0.1) is 6.61 Å². The number of rotatable bonds is 4. The molecule has 1 unspecified atom stereocenters. The predicted octanol–water partition coefficient (Wildman–Crippen LogP) is 2.64. The molecule has 0 saturated carbocycles. The van der Waals surface area contributed by atoms with E-state index >= 15 is 0 Å². The van der Waals surface area contributed by atoms with E-state index in [-0.39, 0.29) is 19.1 Å². The van der Waals surface area contributed by atoms with E-state index in [1.807, 2.05) is 25.2 Å². The minimum absolute atomic E-state index is 0.0358. The molecule has 0 spiro atoms. The van der Waals surface area contributed by atoms with Crippen molar-refractivity contribution in [3.05, 3.63) is 52.4 Å². The lowest BCUT2D eigenvalue weighted by molar-refractivity contribution is 0.195. The van der Waals surface area contributed by atoms with Crippen molar-refractivity contribution >= 4 is 15.9 Å². The van der Waals surface area contributed by atoms with Crippen LogP contribution in [-0.2, 0) is 0 Å². The summed E-state index contributed by atoms with van der Waals surface area (Å²) in [6.45, 7) is 2.12. The van der Waals surface area contributed by atoms with Crippen molar-refractivity contribution in [3.8, 4) is 5.88 Å². The molecule has 1 aromatic heterocycles. The normalized spacial score (nSPS) is 18.1. The first-order valence-corrected chi connectivity index (χ1v) is 6.79. The van der Waals surface area contributed by atoms with Crippen LogP contribution in [0.1, 0.15) is 17.2 Å². The summed E-state index contributed by atoms with van der Waals surface area (Å²) in [6, 6.07) is 0. The first-order valence-electron chi connectivity index (χ1n) is 5.99. The van der Waals surface area contributed by atoms with Gasteiger partial charge in [-0.05, 0) is 13.0 Å². The van der Waals surface area contributed by atoms with Gasteiger partial charge in [-0.2, -0.15) is 0 Å². The standard InChI is InChI=1S/C14H15BrN2O2/c1-10-13(11-3-2-4-12(15)6-5-11)14(17-9-16-10)19-8-7-18/h2-6,9,11,18H,7-8H2,1H3. The molecule has 4 nitrogen and oxygen atoms in total. The second-order valence-corrected chi connectivity index (χ2v) is 4.99. The molecule has 0 bridgehead atoms. The second-order valence-electron chi connectivity index (χ2n) is 4.07. The third-order valence-electron chi connectivity index (χ3n) is 2.75. The zero-order valence-electron chi connectivity index (χ0n) is 10.6. The lowest BCUT2D eigenvalue weighted by atomic mass is 9.98. The number of hydrogen-bond acceptors (Lipinski definition) is 4. The highest BCUT2D eigenvalue weighted by Crippen LogP contribution is 2.31. The molecule has 19 heavy (non-hydrogen) atoms. The lowest BCUT2D eigenvalue weighted by Crippen LogP contribution is -2.09. The Labute approximate surface area is 120 Å². The summed E-state index contributed by atoms with van der Waals surface area (Å²) in [7, 11) is 0. The van der Waals surface area contributed by atoms with Gasteiger partial charge in [-0.25, -0.2) is 9.97 Å². The molecule has 0 amide bonds. The van der Waals surface area contributed by atoms with E-state index in [2.05, 4.69) is 38.0 Å². The smallest absolute Gasteiger partial charge is 0.220 e. The number of allylic oxidation sites excluding steroid dienone is 6. The Morgan fingerprint density at radius 3 is 3.00 bits per heavy atom. The molecule has 2 rings (SSSR count). The van der Waals surface area contributed by atoms with E-state index in [9.17, 15) is 0 Å². The van der Waals surface area contributed by atoms with Crippen molar-refractivity contribution in [2.24, 2.45) is 0 Å². The summed E-state index contributed by atoms with van der Waals surface area (Å²) in [5.74, 6) is 0.583. The largest absolute Gasteiger partial charge is 0.475 e. The van der Waals surface area contributed by atoms with Crippen LogP contribution in [0.2, 0.25) is 0 Å². The predicted molar refractivity (Wildman–Crippen MR) is 77.4 cm³/mol. The second kappa shape index (κ2) is 6.63. The summed E-state index contributed by atoms with van der Waals surface area (Å²) in [4.78, 5) is 8.38. The summed E-state index contributed by atoms with van der Waals surface area (Å²) >= 11 is 3.44. The Morgan fingerprint density at radius 2 is 2.21 bits per heavy atom. The number of ether oxygens (including phenoxy) is 1. The number of halogens is 1. The number of nitrogens with zero attached hydrogens (tertiary/aromatic N) is 2. The van der Waals surface area contributed by atoms with Crippen LogP contribution in [0, 0.1) is 6.92 Å². The van der Waals surface area contributed by atoms with Gasteiger partial charge in [0, 0.05) is 21.7 Å². The van der Waals surface area contributed by atoms with Gasteiger partial charge < -0.3 is 9.84 Å². The summed E-state index contributed by atoms with van der Waals surface area (Å²) < 4.78 is 6.50. The van der Waals surface area contributed by atoms with Gasteiger partial charge in [-0.15, -0.1) is 0 Å². The fraction of sp³-hybridized carbons (Fsp3) is 0.286. The molecular weight excluding hydrogens is 308 g/mol. The molecule has 100 valence electrons. The molecular formula is C14H15BrN2O2. The van der Waals surface area contributed by atoms with Crippen molar-refractivity contribution in [1.29, 1.82) is 0 Å². The van der Waals surface area contributed by atoms with E-state index in [1.165, 1.54) is 6.33 Å². The molecule has 1 aliphatic carbocycles. The molecule has 0 radical (unpaired) electrons. The van der Waals surface area contributed by atoms with Gasteiger partial charge in [-0.3, -0.25) is 0 Å². The first-order chi connectivity index (χ1) is 9.22. The van der Waals surface area contributed by atoms with Gasteiger partial charge in [0.2, 0.25) is 5.88 Å². The molecule has 1 aromatic rings. The van der Waals surface area contributed by atoms with Crippen LogP contribution in [0.25, 0.3) is 0 Å². The Morgan fingerprint density at radius 1 is 1.37 bits per heavy atom. The topological polar surface area (TPSA) is 55.2 Å². The van der Waals surface area contributed by atoms with E-state index in [0.717, 1.165) is 15.7 Å². The van der Waals surface area contributed by atoms with Crippen LogP contribution >= 0.6 is 15.9 Å². The zero-order valence-corrected chi connectivity index (χ0v) is 12.2. The monoisotopic (exact) mass is 322 g/mol. The quantitative estimate of drug-likeness (QED) is 0.925. The number of aliphatic hydroxyl groups is 1. The molecule has 5 heteroatoms. The van der Waals surface area contributed by atoms with Gasteiger partial charge in [0.1, 0.15) is 12.9 Å². The van der Waals surface area contributed by atoms with E-state index < -0.39 is 0 Å². The summed E-state index contributed by atoms with van der Waals surface area (Å²) in [5.41, 5.74) is 1.80. The molecule has 0 aromatic carbocycles. The minimum atomic E-state index is -0.0358. The fourth-order valence-corrected chi connectivity index (χ4v) is 2.18. The Kier molecular flexibility index (Phi) is 4.87. The minimum Gasteiger partial charge on any atom is -0.475 e. The van der Waals surface area contributed by atoms with Crippen LogP contribution in [0.3, 0.4) is 0 Å². The third-order valence-corrected chi connectivity index (χ3v) is 3.28. The van der Waals surface area contributed by atoms with E-state index in [4.69, 9.17) is 9.84 Å². The summed E-state index contributed by atoms with van der Waals surface area (Å²) in [5, 5.41) is 8.87. The van der Waals surface area contributed by atoms with Crippen molar-refractivity contribution < 1.29 is 9.84 Å². The average molecular weight is 323 g/mol. The maximum atomic E-state index is 8.87. The molecule has 0 saturated heterocycles. The van der Waals surface area contributed by atoms with Gasteiger partial charge >= 0.3 is 0 Å². The van der Waals surface area contributed by atoms with Crippen LogP contribution in [0.5, 0.6) is 5.88 Å².